The van der Waals surface area contributed by atoms with E-state index in [-0.39, 0.29) is 28.3 Å². The average Bonchev–Trinajstić information content (AvgIpc) is 3.18. The summed E-state index contributed by atoms with van der Waals surface area (Å²) in [6.45, 7) is 0.235. The van der Waals surface area contributed by atoms with Crippen LogP contribution in [0.3, 0.4) is 0 Å². The first-order chi connectivity index (χ1) is 10.5. The lowest BCUT2D eigenvalue weighted by molar-refractivity contribution is -0.380. The third kappa shape index (κ3) is 2.76. The van der Waals surface area contributed by atoms with Crippen molar-refractivity contribution in [1.82, 2.24) is 10.2 Å². The van der Waals surface area contributed by atoms with E-state index < -0.39 is 4.92 Å². The Morgan fingerprint density at radius 1 is 1.55 bits per heavy atom. The lowest BCUT2D eigenvalue weighted by Gasteiger charge is -2.11. The minimum absolute atomic E-state index is 0.0207. The third-order valence-corrected chi connectivity index (χ3v) is 4.17. The molecule has 0 saturated carbocycles. The average molecular weight is 335 g/mol. The number of thiophene rings is 1. The molecular formula is C13H9N3O4S2. The molecule has 0 spiro atoms. The van der Waals surface area contributed by atoms with E-state index >= 15 is 0 Å². The number of carbonyl (C=O) groups excluding carboxylic acids is 1. The van der Waals surface area contributed by atoms with Crippen LogP contribution in [0.5, 0.6) is 0 Å². The van der Waals surface area contributed by atoms with Gasteiger partial charge < -0.3 is 9.73 Å². The van der Waals surface area contributed by atoms with Gasteiger partial charge in [0.05, 0.1) is 17.7 Å². The number of nitro groups is 1. The summed E-state index contributed by atoms with van der Waals surface area (Å²) < 4.78 is 5.20. The lowest BCUT2D eigenvalue weighted by atomic mass is 10.2. The molecule has 1 amide bonds. The minimum atomic E-state index is -0.468. The van der Waals surface area contributed by atoms with Crippen molar-refractivity contribution in [3.05, 3.63) is 57.0 Å². The summed E-state index contributed by atoms with van der Waals surface area (Å²) in [7, 11) is 0. The fraction of sp³-hybridized carbons (Fsp3) is 0.0769. The number of nitrogens with zero attached hydrogens (tertiary/aromatic N) is 2. The molecule has 3 heterocycles. The molecule has 0 atom stereocenters. The Morgan fingerprint density at radius 2 is 2.36 bits per heavy atom. The highest BCUT2D eigenvalue weighted by molar-refractivity contribution is 7.80. The molecular weight excluding hydrogens is 326 g/mol. The van der Waals surface area contributed by atoms with Gasteiger partial charge in [0.25, 0.3) is 5.91 Å². The number of rotatable bonds is 4. The zero-order chi connectivity index (χ0) is 15.7. The van der Waals surface area contributed by atoms with Crippen molar-refractivity contribution < 1.29 is 14.1 Å². The Labute approximate surface area is 134 Å². The Hall–Kier alpha value is -2.52. The minimum Gasteiger partial charge on any atom is -0.467 e. The van der Waals surface area contributed by atoms with E-state index in [1.165, 1.54) is 17.2 Å². The first kappa shape index (κ1) is 14.4. The van der Waals surface area contributed by atoms with E-state index in [0.29, 0.717) is 11.3 Å². The second kappa shape index (κ2) is 5.70. The van der Waals surface area contributed by atoms with Gasteiger partial charge in [-0.15, -0.1) is 0 Å². The van der Waals surface area contributed by atoms with Gasteiger partial charge in [-0.1, -0.05) is 11.3 Å². The number of carbonyl (C=O) groups is 1. The number of furan rings is 1. The standard InChI is InChI=1S/C13H9N3O4S2/c17-12-10(4-8-5-11(16(18)19)22-7-8)14-13(21)15(12)6-9-2-1-3-20-9/h1-5,7H,6H2,(H,14,21)/b10-4+. The van der Waals surface area contributed by atoms with Crippen LogP contribution in [0, 0.1) is 10.1 Å². The topological polar surface area (TPSA) is 88.6 Å². The largest absolute Gasteiger partial charge is 0.467 e. The molecule has 112 valence electrons. The van der Waals surface area contributed by atoms with Gasteiger partial charge in [0, 0.05) is 11.4 Å². The monoisotopic (exact) mass is 335 g/mol. The summed E-state index contributed by atoms with van der Waals surface area (Å²) in [5.41, 5.74) is 0.861. The van der Waals surface area contributed by atoms with Crippen molar-refractivity contribution in [3.63, 3.8) is 0 Å². The van der Waals surface area contributed by atoms with Gasteiger partial charge in [-0.05, 0) is 36.0 Å². The molecule has 0 unspecified atom stereocenters. The summed E-state index contributed by atoms with van der Waals surface area (Å²) in [4.78, 5) is 23.9. The van der Waals surface area contributed by atoms with Crippen molar-refractivity contribution in [2.24, 2.45) is 0 Å². The molecule has 0 aliphatic carbocycles. The Kier molecular flexibility index (Phi) is 3.73. The highest BCUT2D eigenvalue weighted by atomic mass is 32.1. The van der Waals surface area contributed by atoms with Crippen LogP contribution in [0.25, 0.3) is 6.08 Å². The predicted octanol–water partition coefficient (Wildman–Crippen LogP) is 2.51. The molecule has 22 heavy (non-hydrogen) atoms. The molecule has 1 saturated heterocycles. The van der Waals surface area contributed by atoms with Crippen LogP contribution in [0.1, 0.15) is 11.3 Å². The molecule has 2 aromatic heterocycles. The summed E-state index contributed by atoms with van der Waals surface area (Å²) in [5.74, 6) is 0.320. The number of nitrogens with one attached hydrogen (secondary N) is 1. The number of amides is 1. The molecule has 1 aliphatic heterocycles. The second-order valence-corrected chi connectivity index (χ2v) is 5.71. The SMILES string of the molecule is O=C1/C(=C\c2csc([N+](=O)[O-])c2)NC(=S)N1Cc1ccco1. The van der Waals surface area contributed by atoms with Gasteiger partial charge in [-0.25, -0.2) is 0 Å². The van der Waals surface area contributed by atoms with Gasteiger partial charge in [-0.3, -0.25) is 19.8 Å². The first-order valence-electron chi connectivity index (χ1n) is 6.14. The zero-order valence-corrected chi connectivity index (χ0v) is 12.6. The van der Waals surface area contributed by atoms with E-state index in [1.54, 1.807) is 23.6 Å². The second-order valence-electron chi connectivity index (χ2n) is 4.43. The van der Waals surface area contributed by atoms with E-state index in [9.17, 15) is 14.9 Å². The van der Waals surface area contributed by atoms with Crippen LogP contribution in [-0.2, 0) is 11.3 Å². The summed E-state index contributed by atoms with van der Waals surface area (Å²) in [5, 5.41) is 15.4. The van der Waals surface area contributed by atoms with Gasteiger partial charge in [0.15, 0.2) is 5.11 Å². The Morgan fingerprint density at radius 3 is 3.00 bits per heavy atom. The summed E-state index contributed by atoms with van der Waals surface area (Å²) in [6.07, 6.45) is 3.06. The molecule has 0 aromatic carbocycles. The van der Waals surface area contributed by atoms with E-state index in [2.05, 4.69) is 5.32 Å². The predicted molar refractivity (Wildman–Crippen MR) is 83.9 cm³/mol. The normalized spacial score (nSPS) is 16.4. The third-order valence-electron chi connectivity index (χ3n) is 2.95. The van der Waals surface area contributed by atoms with Gasteiger partial charge in [0.2, 0.25) is 0 Å². The van der Waals surface area contributed by atoms with Crippen molar-refractivity contribution in [2.75, 3.05) is 0 Å². The van der Waals surface area contributed by atoms with Gasteiger partial charge in [0.1, 0.15) is 11.5 Å². The maximum atomic E-state index is 12.3. The molecule has 9 heteroatoms. The molecule has 1 N–H and O–H groups in total. The van der Waals surface area contributed by atoms with Crippen LogP contribution in [0.2, 0.25) is 0 Å². The first-order valence-corrected chi connectivity index (χ1v) is 7.43. The molecule has 0 radical (unpaired) electrons. The number of thiocarbonyl (C=S) groups is 1. The van der Waals surface area contributed by atoms with E-state index in [1.807, 2.05) is 0 Å². The molecule has 1 aliphatic rings. The molecule has 3 rings (SSSR count). The fourth-order valence-corrected chi connectivity index (χ4v) is 2.89. The van der Waals surface area contributed by atoms with Crippen LogP contribution in [0.15, 0.2) is 40.0 Å². The van der Waals surface area contributed by atoms with Crippen LogP contribution in [-0.4, -0.2) is 20.8 Å². The van der Waals surface area contributed by atoms with Crippen molar-refractivity contribution in [2.45, 2.75) is 6.54 Å². The highest BCUT2D eigenvalue weighted by Crippen LogP contribution is 2.25. The van der Waals surface area contributed by atoms with Gasteiger partial charge >= 0.3 is 5.00 Å². The Balaban J connectivity index is 1.80. The number of hydrogen-bond acceptors (Lipinski definition) is 6. The van der Waals surface area contributed by atoms with Crippen LogP contribution >= 0.6 is 23.6 Å². The maximum absolute atomic E-state index is 12.3. The summed E-state index contributed by atoms with van der Waals surface area (Å²) >= 11 is 6.14. The zero-order valence-electron chi connectivity index (χ0n) is 11.0. The van der Waals surface area contributed by atoms with E-state index in [4.69, 9.17) is 16.6 Å². The smallest absolute Gasteiger partial charge is 0.324 e. The van der Waals surface area contributed by atoms with Crippen molar-refractivity contribution in [3.8, 4) is 0 Å². The molecule has 0 bridgehead atoms. The number of hydrogen-bond donors (Lipinski definition) is 1. The van der Waals surface area contributed by atoms with E-state index in [0.717, 1.165) is 11.3 Å². The maximum Gasteiger partial charge on any atom is 0.324 e. The molecule has 2 aromatic rings. The van der Waals surface area contributed by atoms with Crippen molar-refractivity contribution >= 4 is 45.7 Å². The molecule has 7 nitrogen and oxygen atoms in total. The summed E-state index contributed by atoms with van der Waals surface area (Å²) in [6, 6.07) is 4.89. The van der Waals surface area contributed by atoms with Gasteiger partial charge in [-0.2, -0.15) is 0 Å². The van der Waals surface area contributed by atoms with Crippen molar-refractivity contribution in [1.29, 1.82) is 0 Å². The van der Waals surface area contributed by atoms with Crippen LogP contribution in [0.4, 0.5) is 5.00 Å². The van der Waals surface area contributed by atoms with Crippen LogP contribution < -0.4 is 5.32 Å². The quantitative estimate of drug-likeness (QED) is 0.400. The fourth-order valence-electron chi connectivity index (χ4n) is 1.95. The Bertz CT molecular complexity index is 779. The molecule has 1 fully saturated rings. The lowest BCUT2D eigenvalue weighted by Crippen LogP contribution is -2.29. The highest BCUT2D eigenvalue weighted by Gasteiger charge is 2.31.